The van der Waals surface area contributed by atoms with E-state index in [1.54, 1.807) is 12.2 Å². The van der Waals surface area contributed by atoms with Crippen LogP contribution in [0.3, 0.4) is 0 Å². The number of hydrogen-bond acceptors (Lipinski definition) is 3. The molecular weight excluding hydrogens is 208 g/mol. The molecule has 0 saturated carbocycles. The summed E-state index contributed by atoms with van der Waals surface area (Å²) in [5, 5.41) is 8.89. The monoisotopic (exact) mass is 222 g/mol. The Hall–Kier alpha value is -1.58. The largest absolute Gasteiger partial charge is 0.487 e. The number of allylic oxidation sites excluding steroid dienone is 3. The van der Waals surface area contributed by atoms with Crippen molar-refractivity contribution in [2.75, 3.05) is 0 Å². The topological polar surface area (TPSA) is 63.6 Å². The van der Waals surface area contributed by atoms with Crippen molar-refractivity contribution in [3.8, 4) is 0 Å². The Balaban J connectivity index is 2.31. The second kappa shape index (κ2) is 3.47. The van der Waals surface area contributed by atoms with Crippen LogP contribution in [-0.4, -0.2) is 22.5 Å². The highest BCUT2D eigenvalue weighted by atomic mass is 16.5. The number of rotatable bonds is 1. The Labute approximate surface area is 93.6 Å². The molecule has 0 bridgehead atoms. The number of Topliss-reactive ketones (excluding diaryl/α,β-unsaturated/α-hetero) is 1. The highest BCUT2D eigenvalue weighted by molar-refractivity contribution is 6.10. The summed E-state index contributed by atoms with van der Waals surface area (Å²) in [6, 6.07) is 0. The van der Waals surface area contributed by atoms with E-state index in [1.165, 1.54) is 0 Å². The van der Waals surface area contributed by atoms with Crippen LogP contribution in [-0.2, 0) is 14.3 Å². The van der Waals surface area contributed by atoms with E-state index in [9.17, 15) is 9.59 Å². The predicted molar refractivity (Wildman–Crippen MR) is 56.7 cm³/mol. The van der Waals surface area contributed by atoms with Gasteiger partial charge in [-0.3, -0.25) is 9.59 Å². The zero-order valence-electron chi connectivity index (χ0n) is 9.32. The lowest BCUT2D eigenvalue weighted by atomic mass is 9.84. The first-order chi connectivity index (χ1) is 7.41. The van der Waals surface area contributed by atoms with Crippen molar-refractivity contribution in [3.63, 3.8) is 0 Å². The van der Waals surface area contributed by atoms with Crippen molar-refractivity contribution >= 4 is 11.8 Å². The maximum atomic E-state index is 11.8. The summed E-state index contributed by atoms with van der Waals surface area (Å²) in [6.07, 6.45) is 4.33. The summed E-state index contributed by atoms with van der Waals surface area (Å²) in [5.41, 5.74) is 0.0211. The average Bonchev–Trinajstić information content (AvgIpc) is 2.15. The highest BCUT2D eigenvalue weighted by Crippen LogP contribution is 2.35. The summed E-state index contributed by atoms with van der Waals surface area (Å²) in [5.74, 6) is -1.65. The number of carboxylic acids is 1. The maximum Gasteiger partial charge on any atom is 0.314 e. The normalized spacial score (nSPS) is 27.4. The molecule has 0 aromatic heterocycles. The van der Waals surface area contributed by atoms with Gasteiger partial charge in [0.25, 0.3) is 0 Å². The molecule has 0 radical (unpaired) electrons. The zero-order valence-corrected chi connectivity index (χ0v) is 9.32. The molecule has 1 N–H and O–H groups in total. The number of ketones is 1. The summed E-state index contributed by atoms with van der Waals surface area (Å²) >= 11 is 0. The van der Waals surface area contributed by atoms with E-state index in [-0.39, 0.29) is 5.78 Å². The molecule has 86 valence electrons. The van der Waals surface area contributed by atoms with Gasteiger partial charge in [-0.2, -0.15) is 0 Å². The second-order valence-electron chi connectivity index (χ2n) is 4.67. The predicted octanol–water partition coefficient (Wildman–Crippen LogP) is 1.67. The summed E-state index contributed by atoms with van der Waals surface area (Å²) in [6.45, 7) is 3.81. The number of carbonyl (C=O) groups is 2. The molecule has 0 aromatic carbocycles. The highest BCUT2D eigenvalue weighted by Gasteiger charge is 2.37. The molecule has 0 saturated heterocycles. The Kier molecular flexibility index (Phi) is 2.37. The fourth-order valence-electron chi connectivity index (χ4n) is 2.02. The van der Waals surface area contributed by atoms with Crippen molar-refractivity contribution in [2.24, 2.45) is 5.92 Å². The average molecular weight is 222 g/mol. The van der Waals surface area contributed by atoms with Gasteiger partial charge >= 0.3 is 5.97 Å². The van der Waals surface area contributed by atoms with Crippen LogP contribution in [0.1, 0.15) is 26.7 Å². The van der Waals surface area contributed by atoms with Gasteiger partial charge in [0.15, 0.2) is 5.78 Å². The Morgan fingerprint density at radius 1 is 1.56 bits per heavy atom. The van der Waals surface area contributed by atoms with E-state index < -0.39 is 17.5 Å². The van der Waals surface area contributed by atoms with Crippen LogP contribution in [0, 0.1) is 5.92 Å². The molecule has 1 aliphatic carbocycles. The Morgan fingerprint density at radius 3 is 2.88 bits per heavy atom. The molecule has 4 nitrogen and oxygen atoms in total. The van der Waals surface area contributed by atoms with Crippen molar-refractivity contribution in [1.29, 1.82) is 0 Å². The fraction of sp³-hybridized carbons (Fsp3) is 0.500. The lowest BCUT2D eigenvalue weighted by Crippen LogP contribution is -2.34. The van der Waals surface area contributed by atoms with E-state index >= 15 is 0 Å². The van der Waals surface area contributed by atoms with Crippen LogP contribution in [0.2, 0.25) is 0 Å². The van der Waals surface area contributed by atoms with E-state index in [0.29, 0.717) is 24.2 Å². The van der Waals surface area contributed by atoms with Gasteiger partial charge in [-0.15, -0.1) is 0 Å². The first-order valence-electron chi connectivity index (χ1n) is 5.29. The zero-order chi connectivity index (χ0) is 11.9. The Morgan fingerprint density at radius 2 is 2.25 bits per heavy atom. The van der Waals surface area contributed by atoms with Gasteiger partial charge in [-0.25, -0.2) is 0 Å². The molecule has 1 heterocycles. The van der Waals surface area contributed by atoms with Crippen LogP contribution in [0.15, 0.2) is 23.5 Å². The smallest absolute Gasteiger partial charge is 0.314 e. The number of carboxylic acid groups (broad SMARTS) is 1. The summed E-state index contributed by atoms with van der Waals surface area (Å²) in [7, 11) is 0. The van der Waals surface area contributed by atoms with E-state index in [4.69, 9.17) is 9.84 Å². The molecule has 0 spiro atoms. The van der Waals surface area contributed by atoms with Gasteiger partial charge in [0.05, 0.1) is 5.57 Å². The van der Waals surface area contributed by atoms with Crippen LogP contribution in [0.25, 0.3) is 0 Å². The third-order valence-electron chi connectivity index (χ3n) is 2.88. The third kappa shape index (κ3) is 1.75. The number of ether oxygens (including phenoxy) is 1. The van der Waals surface area contributed by atoms with E-state index in [0.717, 1.165) is 0 Å². The van der Waals surface area contributed by atoms with Crippen LogP contribution < -0.4 is 0 Å². The van der Waals surface area contributed by atoms with Crippen LogP contribution >= 0.6 is 0 Å². The lowest BCUT2D eigenvalue weighted by molar-refractivity contribution is -0.146. The minimum Gasteiger partial charge on any atom is -0.487 e. The maximum absolute atomic E-state index is 11.8. The lowest BCUT2D eigenvalue weighted by Gasteiger charge is -2.32. The molecule has 2 rings (SSSR count). The van der Waals surface area contributed by atoms with Crippen LogP contribution in [0.5, 0.6) is 0 Å². The van der Waals surface area contributed by atoms with Gasteiger partial charge in [0, 0.05) is 6.42 Å². The molecule has 0 aromatic rings. The van der Waals surface area contributed by atoms with Gasteiger partial charge in [0.2, 0.25) is 0 Å². The molecule has 1 atom stereocenters. The molecule has 16 heavy (non-hydrogen) atoms. The molecule has 4 heteroatoms. The second-order valence-corrected chi connectivity index (χ2v) is 4.67. The van der Waals surface area contributed by atoms with Gasteiger partial charge in [-0.05, 0) is 32.4 Å². The number of hydrogen-bond donors (Lipinski definition) is 1. The van der Waals surface area contributed by atoms with E-state index in [2.05, 4.69) is 0 Å². The SMILES string of the molecule is CC1(C)C=CC2=C(CCC(C(=O)O)C2=O)O1. The van der Waals surface area contributed by atoms with E-state index in [1.807, 2.05) is 13.8 Å². The van der Waals surface area contributed by atoms with Gasteiger partial charge < -0.3 is 9.84 Å². The number of carbonyl (C=O) groups excluding carboxylic acids is 1. The van der Waals surface area contributed by atoms with Crippen LogP contribution in [0.4, 0.5) is 0 Å². The molecule has 0 amide bonds. The molecule has 0 fully saturated rings. The molecule has 2 aliphatic rings. The minimum atomic E-state index is -1.05. The minimum absolute atomic E-state index is 0.330. The standard InChI is InChI=1S/C12H14O4/c1-12(2)6-5-7-9(16-12)4-3-8(10(7)13)11(14)15/h5-6,8H,3-4H2,1-2H3,(H,14,15). The summed E-state index contributed by atoms with van der Waals surface area (Å²) in [4.78, 5) is 22.7. The van der Waals surface area contributed by atoms with Crippen molar-refractivity contribution in [1.82, 2.24) is 0 Å². The van der Waals surface area contributed by atoms with Crippen molar-refractivity contribution in [2.45, 2.75) is 32.3 Å². The quantitative estimate of drug-likeness (QED) is 0.685. The molecule has 1 aliphatic heterocycles. The van der Waals surface area contributed by atoms with Crippen molar-refractivity contribution < 1.29 is 19.4 Å². The van der Waals surface area contributed by atoms with Crippen molar-refractivity contribution in [3.05, 3.63) is 23.5 Å². The molecule has 1 unspecified atom stereocenters. The Bertz CT molecular complexity index is 415. The first-order valence-corrected chi connectivity index (χ1v) is 5.29. The third-order valence-corrected chi connectivity index (χ3v) is 2.88. The fourth-order valence-corrected chi connectivity index (χ4v) is 2.02. The van der Waals surface area contributed by atoms with Gasteiger partial charge in [0.1, 0.15) is 17.3 Å². The molecular formula is C12H14O4. The van der Waals surface area contributed by atoms with Gasteiger partial charge in [-0.1, -0.05) is 0 Å². The number of aliphatic carboxylic acids is 1. The first kappa shape index (κ1) is 10.9. The summed E-state index contributed by atoms with van der Waals surface area (Å²) < 4.78 is 5.66.